The lowest BCUT2D eigenvalue weighted by Gasteiger charge is -2.17. The van der Waals surface area contributed by atoms with E-state index in [1.165, 1.54) is 11.8 Å². The number of thiazole rings is 1. The maximum absolute atomic E-state index is 12.2. The SMILES string of the molecule is CCN(CC)C(=O)CSc1nc(-c2ccccc2)c2nc(C)sc2n1. The highest BCUT2D eigenvalue weighted by Crippen LogP contribution is 2.31. The molecule has 0 spiro atoms. The van der Waals surface area contributed by atoms with Crippen LogP contribution in [0.5, 0.6) is 0 Å². The molecule has 0 atom stereocenters. The number of rotatable bonds is 6. The Kier molecular flexibility index (Phi) is 5.65. The molecule has 0 saturated heterocycles. The second-order valence-electron chi connectivity index (χ2n) is 5.46. The van der Waals surface area contributed by atoms with Crippen LogP contribution in [0.3, 0.4) is 0 Å². The van der Waals surface area contributed by atoms with Crippen LogP contribution in [0.15, 0.2) is 35.5 Å². The Morgan fingerprint density at radius 2 is 1.84 bits per heavy atom. The van der Waals surface area contributed by atoms with Gasteiger partial charge in [0.2, 0.25) is 5.91 Å². The zero-order valence-electron chi connectivity index (χ0n) is 14.5. The van der Waals surface area contributed by atoms with Crippen LogP contribution in [0.2, 0.25) is 0 Å². The van der Waals surface area contributed by atoms with Gasteiger partial charge in [0.15, 0.2) is 5.16 Å². The molecule has 0 unspecified atom stereocenters. The smallest absolute Gasteiger partial charge is 0.233 e. The molecule has 25 heavy (non-hydrogen) atoms. The van der Waals surface area contributed by atoms with Gasteiger partial charge in [0, 0.05) is 18.7 Å². The summed E-state index contributed by atoms with van der Waals surface area (Å²) in [5, 5.41) is 1.58. The molecule has 7 heteroatoms. The molecule has 2 aromatic heterocycles. The fraction of sp³-hybridized carbons (Fsp3) is 0.333. The summed E-state index contributed by atoms with van der Waals surface area (Å²) < 4.78 is 0. The number of carbonyl (C=O) groups is 1. The molecule has 0 aliphatic carbocycles. The van der Waals surface area contributed by atoms with E-state index < -0.39 is 0 Å². The largest absolute Gasteiger partial charge is 0.343 e. The van der Waals surface area contributed by atoms with Gasteiger partial charge in [-0.05, 0) is 20.8 Å². The molecule has 5 nitrogen and oxygen atoms in total. The molecule has 0 bridgehead atoms. The molecule has 0 N–H and O–H groups in total. The zero-order valence-corrected chi connectivity index (χ0v) is 16.2. The minimum Gasteiger partial charge on any atom is -0.343 e. The van der Waals surface area contributed by atoms with Crippen molar-refractivity contribution in [3.8, 4) is 11.3 Å². The van der Waals surface area contributed by atoms with Crippen molar-refractivity contribution in [2.45, 2.75) is 25.9 Å². The van der Waals surface area contributed by atoms with Gasteiger partial charge < -0.3 is 4.90 Å². The molecule has 3 aromatic rings. The highest BCUT2D eigenvalue weighted by molar-refractivity contribution is 7.99. The predicted octanol–water partition coefficient (Wildman–Crippen LogP) is 4.02. The van der Waals surface area contributed by atoms with Gasteiger partial charge in [-0.2, -0.15) is 0 Å². The summed E-state index contributed by atoms with van der Waals surface area (Å²) in [5.74, 6) is 0.458. The Morgan fingerprint density at radius 1 is 1.12 bits per heavy atom. The molecule has 1 aromatic carbocycles. The maximum Gasteiger partial charge on any atom is 0.233 e. The Hall–Kier alpha value is -1.99. The molecular formula is C18H20N4OS2. The normalized spacial score (nSPS) is 11.0. The molecular weight excluding hydrogens is 352 g/mol. The van der Waals surface area contributed by atoms with Crippen molar-refractivity contribution in [2.75, 3.05) is 18.8 Å². The van der Waals surface area contributed by atoms with Crippen molar-refractivity contribution in [2.24, 2.45) is 0 Å². The van der Waals surface area contributed by atoms with Crippen molar-refractivity contribution >= 4 is 39.4 Å². The fourth-order valence-corrected chi connectivity index (χ4v) is 4.15. The molecule has 130 valence electrons. The topological polar surface area (TPSA) is 59.0 Å². The molecule has 1 amide bonds. The van der Waals surface area contributed by atoms with Crippen LogP contribution in [0.4, 0.5) is 0 Å². The molecule has 2 heterocycles. The minimum atomic E-state index is 0.112. The van der Waals surface area contributed by atoms with E-state index in [0.717, 1.165) is 39.7 Å². The van der Waals surface area contributed by atoms with Crippen LogP contribution < -0.4 is 0 Å². The van der Waals surface area contributed by atoms with Crippen LogP contribution in [0.1, 0.15) is 18.9 Å². The van der Waals surface area contributed by atoms with Gasteiger partial charge in [-0.15, -0.1) is 0 Å². The van der Waals surface area contributed by atoms with Crippen LogP contribution in [0.25, 0.3) is 21.6 Å². The molecule has 0 fully saturated rings. The molecule has 0 saturated carbocycles. The summed E-state index contributed by atoms with van der Waals surface area (Å²) in [7, 11) is 0. The third kappa shape index (κ3) is 3.99. The number of hydrogen-bond donors (Lipinski definition) is 0. The number of thioether (sulfide) groups is 1. The number of carbonyl (C=O) groups excluding carboxylic acids is 1. The summed E-state index contributed by atoms with van der Waals surface area (Å²) in [6.45, 7) is 7.39. The van der Waals surface area contributed by atoms with Crippen molar-refractivity contribution < 1.29 is 4.79 Å². The molecule has 3 rings (SSSR count). The van der Waals surface area contributed by atoms with Crippen molar-refractivity contribution in [3.05, 3.63) is 35.3 Å². The van der Waals surface area contributed by atoms with E-state index in [1.807, 2.05) is 56.0 Å². The average Bonchev–Trinajstić information content (AvgIpc) is 3.01. The first kappa shape index (κ1) is 17.8. The van der Waals surface area contributed by atoms with E-state index in [9.17, 15) is 4.79 Å². The van der Waals surface area contributed by atoms with Crippen LogP contribution in [-0.2, 0) is 4.79 Å². The van der Waals surface area contributed by atoms with E-state index in [4.69, 9.17) is 4.98 Å². The number of nitrogens with zero attached hydrogens (tertiary/aromatic N) is 4. The number of benzene rings is 1. The Bertz CT molecular complexity index is 875. The van der Waals surface area contributed by atoms with Gasteiger partial charge in [-0.1, -0.05) is 53.4 Å². The third-order valence-corrected chi connectivity index (χ3v) is 5.53. The number of aryl methyl sites for hydroxylation is 1. The summed E-state index contributed by atoms with van der Waals surface area (Å²) in [6.07, 6.45) is 0. The number of amides is 1. The Labute approximate surface area is 155 Å². The van der Waals surface area contributed by atoms with E-state index in [1.54, 1.807) is 11.3 Å². The van der Waals surface area contributed by atoms with Gasteiger partial charge in [0.1, 0.15) is 16.0 Å². The Morgan fingerprint density at radius 3 is 2.52 bits per heavy atom. The van der Waals surface area contributed by atoms with Crippen LogP contribution in [-0.4, -0.2) is 44.6 Å². The first-order valence-electron chi connectivity index (χ1n) is 8.23. The summed E-state index contributed by atoms with van der Waals surface area (Å²) in [4.78, 5) is 28.8. The molecule has 0 aliphatic heterocycles. The van der Waals surface area contributed by atoms with Gasteiger partial charge in [0.25, 0.3) is 0 Å². The highest BCUT2D eigenvalue weighted by atomic mass is 32.2. The fourth-order valence-electron chi connectivity index (χ4n) is 2.56. The van der Waals surface area contributed by atoms with E-state index in [2.05, 4.69) is 9.97 Å². The number of fused-ring (bicyclic) bond motifs is 1. The molecule has 0 radical (unpaired) electrons. The highest BCUT2D eigenvalue weighted by Gasteiger charge is 2.16. The third-order valence-electron chi connectivity index (χ3n) is 3.83. The van der Waals surface area contributed by atoms with Crippen LogP contribution >= 0.6 is 23.1 Å². The van der Waals surface area contributed by atoms with Gasteiger partial charge in [-0.25, -0.2) is 15.0 Å². The summed E-state index contributed by atoms with van der Waals surface area (Å²) >= 11 is 2.94. The first-order chi connectivity index (χ1) is 12.1. The maximum atomic E-state index is 12.2. The number of hydrogen-bond acceptors (Lipinski definition) is 6. The standard InChI is InChI=1S/C18H20N4OS2/c1-4-22(5-2)14(23)11-24-18-20-15(13-9-7-6-8-10-13)16-17(21-18)25-12(3)19-16/h6-10H,4-5,11H2,1-3H3. The van der Waals surface area contributed by atoms with Gasteiger partial charge in [0.05, 0.1) is 10.8 Å². The predicted molar refractivity (Wildman–Crippen MR) is 104 cm³/mol. The van der Waals surface area contributed by atoms with Gasteiger partial charge >= 0.3 is 0 Å². The second kappa shape index (κ2) is 7.93. The number of aromatic nitrogens is 3. The second-order valence-corrected chi connectivity index (χ2v) is 7.59. The Balaban J connectivity index is 1.93. The lowest BCUT2D eigenvalue weighted by Crippen LogP contribution is -2.31. The van der Waals surface area contributed by atoms with Gasteiger partial charge in [-0.3, -0.25) is 4.79 Å². The minimum absolute atomic E-state index is 0.112. The van der Waals surface area contributed by atoms with E-state index in [-0.39, 0.29) is 5.91 Å². The zero-order chi connectivity index (χ0) is 17.8. The quantitative estimate of drug-likeness (QED) is 0.483. The van der Waals surface area contributed by atoms with E-state index in [0.29, 0.717) is 10.9 Å². The summed E-state index contributed by atoms with van der Waals surface area (Å²) in [5.41, 5.74) is 2.66. The van der Waals surface area contributed by atoms with Crippen molar-refractivity contribution in [1.82, 2.24) is 19.9 Å². The van der Waals surface area contributed by atoms with Crippen molar-refractivity contribution in [1.29, 1.82) is 0 Å². The molecule has 0 aliphatic rings. The average molecular weight is 373 g/mol. The van der Waals surface area contributed by atoms with Crippen molar-refractivity contribution in [3.63, 3.8) is 0 Å². The van der Waals surface area contributed by atoms with Crippen LogP contribution in [0, 0.1) is 6.92 Å². The van der Waals surface area contributed by atoms with E-state index >= 15 is 0 Å². The first-order valence-corrected chi connectivity index (χ1v) is 10.0. The summed E-state index contributed by atoms with van der Waals surface area (Å²) in [6, 6.07) is 9.99. The monoisotopic (exact) mass is 372 g/mol. The lowest BCUT2D eigenvalue weighted by atomic mass is 10.1. The lowest BCUT2D eigenvalue weighted by molar-refractivity contribution is -0.127.